The molecule has 3 rings (SSSR count). The van der Waals surface area contributed by atoms with E-state index in [1.807, 2.05) is 63.2 Å². The molecule has 0 atom stereocenters. The van der Waals surface area contributed by atoms with Gasteiger partial charge in [0.15, 0.2) is 0 Å². The highest BCUT2D eigenvalue weighted by Gasteiger charge is 2.36. The van der Waals surface area contributed by atoms with Gasteiger partial charge >= 0.3 is 0 Å². The minimum absolute atomic E-state index is 0.293. The molecule has 7 heteroatoms. The Labute approximate surface area is 180 Å². The van der Waals surface area contributed by atoms with Crippen molar-refractivity contribution in [1.29, 1.82) is 0 Å². The van der Waals surface area contributed by atoms with Gasteiger partial charge in [-0.1, -0.05) is 31.2 Å². The number of carbonyl (C=O) groups is 3. The predicted molar refractivity (Wildman–Crippen MR) is 119 cm³/mol. The first kappa shape index (κ1) is 21.6. The van der Waals surface area contributed by atoms with Crippen LogP contribution in [0.4, 0.5) is 10.5 Å². The van der Waals surface area contributed by atoms with Crippen LogP contribution in [0, 0.1) is 13.8 Å². The van der Waals surface area contributed by atoms with Crippen molar-refractivity contribution in [3.05, 3.63) is 64.1 Å². The smallest absolute Gasteiger partial charge is 0.294 e. The molecule has 1 saturated heterocycles. The van der Waals surface area contributed by atoms with E-state index >= 15 is 0 Å². The topological polar surface area (TPSA) is 75.7 Å². The summed E-state index contributed by atoms with van der Waals surface area (Å²) in [4.78, 5) is 38.6. The van der Waals surface area contributed by atoms with Crippen LogP contribution in [-0.2, 0) is 9.59 Å². The van der Waals surface area contributed by atoms with Crippen molar-refractivity contribution in [2.24, 2.45) is 0 Å². The van der Waals surface area contributed by atoms with E-state index in [4.69, 9.17) is 4.74 Å². The Hall–Kier alpha value is -3.06. The van der Waals surface area contributed by atoms with Gasteiger partial charge in [-0.05, 0) is 73.0 Å². The quantitative estimate of drug-likeness (QED) is 0.648. The van der Waals surface area contributed by atoms with Crippen LogP contribution in [0.5, 0.6) is 5.75 Å². The summed E-state index contributed by atoms with van der Waals surface area (Å²) in [7, 11) is 0. The van der Waals surface area contributed by atoms with E-state index in [9.17, 15) is 14.4 Å². The lowest BCUT2D eigenvalue weighted by Gasteiger charge is -2.14. The molecule has 3 amide bonds. The van der Waals surface area contributed by atoms with E-state index in [-0.39, 0.29) is 6.54 Å². The number of nitrogens with zero attached hydrogens (tertiary/aromatic N) is 1. The maximum atomic E-state index is 12.6. The van der Waals surface area contributed by atoms with Crippen molar-refractivity contribution in [2.45, 2.75) is 27.2 Å². The molecule has 0 saturated carbocycles. The number of hydrogen-bond acceptors (Lipinski definition) is 5. The third kappa shape index (κ3) is 5.30. The van der Waals surface area contributed by atoms with Crippen LogP contribution >= 0.6 is 11.8 Å². The molecule has 1 heterocycles. The molecule has 2 aromatic rings. The zero-order chi connectivity index (χ0) is 21.7. The average Bonchev–Trinajstić information content (AvgIpc) is 2.97. The molecule has 1 fully saturated rings. The normalized spacial score (nSPS) is 15.0. The van der Waals surface area contributed by atoms with E-state index in [0.29, 0.717) is 17.2 Å². The van der Waals surface area contributed by atoms with Crippen molar-refractivity contribution in [3.8, 4) is 5.75 Å². The van der Waals surface area contributed by atoms with Crippen LogP contribution < -0.4 is 10.1 Å². The number of hydrogen-bond donors (Lipinski definition) is 1. The second kappa shape index (κ2) is 9.63. The summed E-state index contributed by atoms with van der Waals surface area (Å²) in [6, 6.07) is 13.0. The predicted octanol–water partition coefficient (Wildman–Crippen LogP) is 4.77. The van der Waals surface area contributed by atoms with Gasteiger partial charge in [-0.2, -0.15) is 0 Å². The number of benzene rings is 2. The van der Waals surface area contributed by atoms with Gasteiger partial charge in [-0.15, -0.1) is 0 Å². The highest BCUT2D eigenvalue weighted by atomic mass is 32.2. The van der Waals surface area contributed by atoms with E-state index < -0.39 is 17.1 Å². The third-order valence-corrected chi connectivity index (χ3v) is 5.40. The number of amides is 3. The fourth-order valence-electron chi connectivity index (χ4n) is 2.87. The first-order valence-corrected chi connectivity index (χ1v) is 10.5. The Balaban J connectivity index is 1.66. The zero-order valence-corrected chi connectivity index (χ0v) is 18.0. The highest BCUT2D eigenvalue weighted by molar-refractivity contribution is 8.18. The number of ether oxygens (including phenoxy) is 1. The van der Waals surface area contributed by atoms with Crippen molar-refractivity contribution in [3.63, 3.8) is 0 Å². The molecule has 0 unspecified atom stereocenters. The van der Waals surface area contributed by atoms with Gasteiger partial charge < -0.3 is 10.1 Å². The van der Waals surface area contributed by atoms with E-state index in [1.165, 1.54) is 0 Å². The standard InChI is InChI=1S/C23H24N2O4S/c1-4-11-29-18-9-7-17(8-10-18)13-20-22(27)25(23(28)30-20)14-21(26)24-19-12-15(2)5-6-16(19)3/h5-10,12-13H,4,11,14H2,1-3H3,(H,24,26)/b20-13-. The summed E-state index contributed by atoms with van der Waals surface area (Å²) in [5.74, 6) is -0.123. The van der Waals surface area contributed by atoms with Crippen LogP contribution in [0.1, 0.15) is 30.0 Å². The number of thioether (sulfide) groups is 1. The van der Waals surface area contributed by atoms with Crippen molar-refractivity contribution < 1.29 is 19.1 Å². The fourth-order valence-corrected chi connectivity index (χ4v) is 3.71. The van der Waals surface area contributed by atoms with Crippen molar-refractivity contribution in [1.82, 2.24) is 4.90 Å². The molecule has 1 aliphatic heterocycles. The average molecular weight is 425 g/mol. The van der Waals surface area contributed by atoms with Crippen molar-refractivity contribution >= 4 is 40.6 Å². The minimum atomic E-state index is -0.465. The maximum absolute atomic E-state index is 12.6. The molecule has 1 aliphatic rings. The van der Waals surface area contributed by atoms with E-state index in [0.717, 1.165) is 45.5 Å². The second-order valence-electron chi connectivity index (χ2n) is 7.05. The maximum Gasteiger partial charge on any atom is 0.294 e. The second-order valence-corrected chi connectivity index (χ2v) is 8.05. The van der Waals surface area contributed by atoms with Gasteiger partial charge in [0.05, 0.1) is 11.5 Å². The van der Waals surface area contributed by atoms with E-state index in [1.54, 1.807) is 6.08 Å². The molecule has 0 bridgehead atoms. The molecule has 6 nitrogen and oxygen atoms in total. The monoisotopic (exact) mass is 424 g/mol. The molecule has 0 radical (unpaired) electrons. The molecular weight excluding hydrogens is 400 g/mol. The number of aryl methyl sites for hydroxylation is 2. The van der Waals surface area contributed by atoms with Gasteiger partial charge in [-0.25, -0.2) is 0 Å². The SMILES string of the molecule is CCCOc1ccc(/C=C2\SC(=O)N(CC(=O)Nc3cc(C)ccc3C)C2=O)cc1. The van der Waals surface area contributed by atoms with Gasteiger partial charge in [0, 0.05) is 5.69 Å². The number of imide groups is 1. The number of rotatable bonds is 7. The van der Waals surface area contributed by atoms with Crippen LogP contribution in [0.15, 0.2) is 47.4 Å². The summed E-state index contributed by atoms with van der Waals surface area (Å²) in [5.41, 5.74) is 3.38. The fraction of sp³-hybridized carbons (Fsp3) is 0.261. The molecule has 0 aliphatic carbocycles. The first-order chi connectivity index (χ1) is 14.4. The molecule has 2 aromatic carbocycles. The van der Waals surface area contributed by atoms with Gasteiger partial charge in [-0.3, -0.25) is 19.3 Å². The first-order valence-electron chi connectivity index (χ1n) is 9.72. The zero-order valence-electron chi connectivity index (χ0n) is 17.2. The van der Waals surface area contributed by atoms with Gasteiger partial charge in [0.2, 0.25) is 5.91 Å². The molecule has 0 aromatic heterocycles. The van der Waals surface area contributed by atoms with E-state index in [2.05, 4.69) is 5.32 Å². The van der Waals surface area contributed by atoms with Crippen LogP contribution in [-0.4, -0.2) is 35.1 Å². The third-order valence-electron chi connectivity index (χ3n) is 4.49. The molecule has 0 spiro atoms. The summed E-state index contributed by atoms with van der Waals surface area (Å²) in [6.45, 7) is 6.17. The lowest BCUT2D eigenvalue weighted by molar-refractivity contribution is -0.127. The largest absolute Gasteiger partial charge is 0.494 e. The summed E-state index contributed by atoms with van der Waals surface area (Å²) in [6.07, 6.45) is 2.57. The summed E-state index contributed by atoms with van der Waals surface area (Å²) in [5, 5.41) is 2.33. The minimum Gasteiger partial charge on any atom is -0.494 e. The molecule has 1 N–H and O–H groups in total. The summed E-state index contributed by atoms with van der Waals surface area (Å²) < 4.78 is 5.54. The Morgan fingerprint density at radius 3 is 2.57 bits per heavy atom. The molecular formula is C23H24N2O4S. The Morgan fingerprint density at radius 2 is 1.87 bits per heavy atom. The van der Waals surface area contributed by atoms with Crippen molar-refractivity contribution in [2.75, 3.05) is 18.5 Å². The number of anilines is 1. The van der Waals surface area contributed by atoms with Crippen LogP contribution in [0.3, 0.4) is 0 Å². The molecule has 156 valence electrons. The number of nitrogens with one attached hydrogen (secondary N) is 1. The Bertz CT molecular complexity index is 999. The van der Waals surface area contributed by atoms with Gasteiger partial charge in [0.25, 0.3) is 11.1 Å². The van der Waals surface area contributed by atoms with Gasteiger partial charge in [0.1, 0.15) is 12.3 Å². The molecule has 30 heavy (non-hydrogen) atoms. The lowest BCUT2D eigenvalue weighted by atomic mass is 10.1. The Morgan fingerprint density at radius 1 is 1.13 bits per heavy atom. The Kier molecular flexibility index (Phi) is 6.95. The lowest BCUT2D eigenvalue weighted by Crippen LogP contribution is -2.36. The van der Waals surface area contributed by atoms with Crippen LogP contribution in [0.2, 0.25) is 0 Å². The van der Waals surface area contributed by atoms with Crippen LogP contribution in [0.25, 0.3) is 6.08 Å². The number of carbonyl (C=O) groups excluding carboxylic acids is 3. The highest BCUT2D eigenvalue weighted by Crippen LogP contribution is 2.32. The summed E-state index contributed by atoms with van der Waals surface area (Å²) >= 11 is 0.836.